The van der Waals surface area contributed by atoms with E-state index >= 15 is 0 Å². The second kappa shape index (κ2) is 13.2. The Morgan fingerprint density at radius 3 is 2.60 bits per heavy atom. The van der Waals surface area contributed by atoms with E-state index in [0.29, 0.717) is 40.8 Å². The summed E-state index contributed by atoms with van der Waals surface area (Å²) in [5, 5.41) is 18.0. The Morgan fingerprint density at radius 1 is 1.17 bits per heavy atom. The number of likely N-dealkylation sites (tertiary alicyclic amines) is 1. The van der Waals surface area contributed by atoms with E-state index in [-0.39, 0.29) is 29.4 Å². The van der Waals surface area contributed by atoms with Crippen LogP contribution in [0.2, 0.25) is 0 Å². The maximum absolute atomic E-state index is 13.1. The number of alkyl halides is 3. The van der Waals surface area contributed by atoms with Gasteiger partial charge >= 0.3 is 6.18 Å². The highest BCUT2D eigenvalue weighted by Crippen LogP contribution is 2.35. The number of hydrogen-bond donors (Lipinski definition) is 3. The molecule has 3 N–H and O–H groups in total. The van der Waals surface area contributed by atoms with Gasteiger partial charge in [-0.1, -0.05) is 6.07 Å². The van der Waals surface area contributed by atoms with Crippen LogP contribution in [0.15, 0.2) is 24.3 Å². The number of aromatic nitrogens is 3. The fourth-order valence-corrected chi connectivity index (χ4v) is 8.50. The maximum Gasteiger partial charge on any atom is 0.393 e. The van der Waals surface area contributed by atoms with Crippen LogP contribution in [0.25, 0.3) is 21.1 Å². The molecule has 0 radical (unpaired) electrons. The minimum atomic E-state index is -4.29. The summed E-state index contributed by atoms with van der Waals surface area (Å²) < 4.78 is 67.4. The van der Waals surface area contributed by atoms with E-state index in [1.807, 2.05) is 17.6 Å². The first-order valence-corrected chi connectivity index (χ1v) is 18.1. The van der Waals surface area contributed by atoms with Gasteiger partial charge in [-0.3, -0.25) is 9.80 Å². The van der Waals surface area contributed by atoms with Crippen molar-refractivity contribution < 1.29 is 21.6 Å². The molecule has 0 bridgehead atoms. The molecule has 0 spiro atoms. The molecule has 0 amide bonds. The van der Waals surface area contributed by atoms with E-state index in [1.165, 1.54) is 5.56 Å². The van der Waals surface area contributed by atoms with Crippen LogP contribution in [0, 0.1) is 18.3 Å². The number of nitriles is 1. The summed E-state index contributed by atoms with van der Waals surface area (Å²) in [5.41, 5.74) is 3.88. The van der Waals surface area contributed by atoms with Crippen molar-refractivity contribution in [3.8, 4) is 6.07 Å². The van der Waals surface area contributed by atoms with Crippen molar-refractivity contribution >= 4 is 54.2 Å². The first kappa shape index (κ1) is 33.4. The van der Waals surface area contributed by atoms with E-state index in [4.69, 9.17) is 0 Å². The number of piperidine rings is 1. The second-order valence-corrected chi connectivity index (χ2v) is 15.4. The van der Waals surface area contributed by atoms with E-state index < -0.39 is 22.6 Å². The van der Waals surface area contributed by atoms with Crippen molar-refractivity contribution in [2.75, 3.05) is 49.7 Å². The summed E-state index contributed by atoms with van der Waals surface area (Å²) in [4.78, 5) is 14.1. The van der Waals surface area contributed by atoms with Crippen LogP contribution >= 0.6 is 11.3 Å². The van der Waals surface area contributed by atoms with Crippen LogP contribution in [0.5, 0.6) is 0 Å². The highest BCUT2D eigenvalue weighted by atomic mass is 32.2. The number of aryl methyl sites for hydroxylation is 1. The van der Waals surface area contributed by atoms with Crippen LogP contribution < -0.4 is 15.4 Å². The Balaban J connectivity index is 1.11. The number of nitrogens with one attached hydrogen (secondary N) is 3. The molecule has 2 saturated heterocycles. The fraction of sp³-hybridized carbons (Fsp3) is 0.516. The molecular formula is C31H38F3N9O2S2. The van der Waals surface area contributed by atoms with E-state index in [2.05, 4.69) is 60.2 Å². The van der Waals surface area contributed by atoms with Crippen molar-refractivity contribution in [3.63, 3.8) is 0 Å². The van der Waals surface area contributed by atoms with Gasteiger partial charge in [-0.05, 0) is 56.0 Å². The molecule has 47 heavy (non-hydrogen) atoms. The number of benzene rings is 1. The fourth-order valence-electron chi connectivity index (χ4n) is 6.46. The number of halogens is 3. The molecule has 2 fully saturated rings. The highest BCUT2D eigenvalue weighted by Gasteiger charge is 2.30. The van der Waals surface area contributed by atoms with Crippen molar-refractivity contribution in [2.24, 2.45) is 0 Å². The molecule has 3 aromatic heterocycles. The van der Waals surface area contributed by atoms with Crippen molar-refractivity contribution in [1.82, 2.24) is 29.1 Å². The van der Waals surface area contributed by atoms with Crippen molar-refractivity contribution in [1.29, 1.82) is 5.26 Å². The van der Waals surface area contributed by atoms with Gasteiger partial charge in [0.25, 0.3) is 0 Å². The zero-order chi connectivity index (χ0) is 33.5. The summed E-state index contributed by atoms with van der Waals surface area (Å²) >= 11 is 1.04. The van der Waals surface area contributed by atoms with E-state index in [9.17, 15) is 26.9 Å². The van der Waals surface area contributed by atoms with Gasteiger partial charge in [0.1, 0.15) is 22.4 Å². The molecule has 2 aliphatic rings. The van der Waals surface area contributed by atoms with Crippen LogP contribution in [0.4, 0.5) is 24.9 Å². The van der Waals surface area contributed by atoms with Gasteiger partial charge < -0.3 is 15.2 Å². The van der Waals surface area contributed by atoms with Crippen LogP contribution in [-0.2, 0) is 29.5 Å². The molecule has 0 unspecified atom stereocenters. The normalized spacial score (nSPS) is 18.8. The number of thiophene rings is 1. The Bertz CT molecular complexity index is 1910. The maximum atomic E-state index is 13.1. The third-order valence-electron chi connectivity index (χ3n) is 9.15. The highest BCUT2D eigenvalue weighted by molar-refractivity contribution is 7.89. The lowest BCUT2D eigenvalue weighted by Crippen LogP contribution is -2.51. The number of hydrogen-bond acceptors (Lipinski definition) is 10. The molecule has 2 aliphatic heterocycles. The number of nitrogens with zero attached hydrogens (tertiary/aromatic N) is 6. The standard InChI is InChI=1S/C31H38F3N9O2S2/c1-19(42-10-11-47(44,45)37-18-42)16-43-23(15-35)12-25-20(2)21(4-5-27(25)43)17-41-8-6-22(7-9-41)38-28-26-13-24(14-31(32,33)34)46-29(26)40-30(36-3)39-28/h4-5,12-13,19,22,37H,6-11,14,16-18H2,1-3H3,(H2,36,38,39,40)/t19-/m0/s1. The SMILES string of the molecule is CNc1nc(NC2CCN(Cc3ccc4c(cc(C#N)n4C[C@H](C)N4CCS(=O)(=O)NC4)c3C)CC2)c2cc(CC(F)(F)F)sc2n1. The molecule has 1 atom stereocenters. The minimum absolute atomic E-state index is 0.0283. The van der Waals surface area contributed by atoms with Crippen LogP contribution in [0.3, 0.4) is 0 Å². The average Bonchev–Trinajstić information content (AvgIpc) is 3.59. The third kappa shape index (κ3) is 7.49. The van der Waals surface area contributed by atoms with E-state index in [1.54, 1.807) is 13.1 Å². The first-order chi connectivity index (χ1) is 22.3. The summed E-state index contributed by atoms with van der Waals surface area (Å²) in [6, 6.07) is 10.2. The minimum Gasteiger partial charge on any atom is -0.367 e. The Labute approximate surface area is 275 Å². The summed E-state index contributed by atoms with van der Waals surface area (Å²) in [6.45, 7) is 7.86. The largest absolute Gasteiger partial charge is 0.393 e. The van der Waals surface area contributed by atoms with Crippen molar-refractivity contribution in [3.05, 3.63) is 46.0 Å². The predicted molar refractivity (Wildman–Crippen MR) is 178 cm³/mol. The lowest BCUT2D eigenvalue weighted by Gasteiger charge is -2.33. The molecule has 16 heteroatoms. The first-order valence-electron chi connectivity index (χ1n) is 15.6. The monoisotopic (exact) mass is 689 g/mol. The van der Waals surface area contributed by atoms with Gasteiger partial charge in [-0.15, -0.1) is 11.3 Å². The number of anilines is 2. The number of sulfonamides is 1. The topological polar surface area (TPSA) is 131 Å². The quantitative estimate of drug-likeness (QED) is 0.230. The molecule has 252 valence electrons. The molecule has 4 aromatic rings. The van der Waals surface area contributed by atoms with Gasteiger partial charge in [0, 0.05) is 67.6 Å². The molecule has 0 saturated carbocycles. The van der Waals surface area contributed by atoms with Gasteiger partial charge in [0.05, 0.1) is 24.2 Å². The van der Waals surface area contributed by atoms with Gasteiger partial charge in [-0.25, -0.2) is 18.1 Å². The zero-order valence-electron chi connectivity index (χ0n) is 26.5. The second-order valence-electron chi connectivity index (χ2n) is 12.4. The average molecular weight is 690 g/mol. The molecular weight excluding hydrogens is 652 g/mol. The number of rotatable bonds is 9. The molecule has 11 nitrogen and oxygen atoms in total. The molecule has 6 rings (SSSR count). The Hall–Kier alpha value is -3.49. The Kier molecular flexibility index (Phi) is 9.38. The predicted octanol–water partition coefficient (Wildman–Crippen LogP) is 4.63. The lowest BCUT2D eigenvalue weighted by molar-refractivity contribution is -0.126. The Morgan fingerprint density at radius 2 is 1.94 bits per heavy atom. The molecule has 5 heterocycles. The molecule has 1 aromatic carbocycles. The third-order valence-corrected chi connectivity index (χ3v) is 11.5. The van der Waals surface area contributed by atoms with E-state index in [0.717, 1.165) is 60.3 Å². The van der Waals surface area contributed by atoms with Crippen molar-refractivity contribution in [2.45, 2.75) is 64.5 Å². The van der Waals surface area contributed by atoms with Gasteiger partial charge in [0.2, 0.25) is 16.0 Å². The zero-order valence-corrected chi connectivity index (χ0v) is 28.1. The van der Waals surface area contributed by atoms with Crippen LogP contribution in [0.1, 0.15) is 41.5 Å². The smallest absolute Gasteiger partial charge is 0.367 e. The number of fused-ring (bicyclic) bond motifs is 2. The molecule has 0 aliphatic carbocycles. The van der Waals surface area contributed by atoms with Gasteiger partial charge in [0.15, 0.2) is 0 Å². The van der Waals surface area contributed by atoms with Crippen LogP contribution in [-0.4, -0.2) is 90.1 Å². The van der Waals surface area contributed by atoms with Gasteiger partial charge in [-0.2, -0.15) is 23.4 Å². The summed E-state index contributed by atoms with van der Waals surface area (Å²) in [7, 11) is -1.52. The summed E-state index contributed by atoms with van der Waals surface area (Å²) in [5.74, 6) is 0.982. The lowest BCUT2D eigenvalue weighted by atomic mass is 10.0. The summed E-state index contributed by atoms with van der Waals surface area (Å²) in [6.07, 6.45) is -3.58.